The fourth-order valence-electron chi connectivity index (χ4n) is 2.73. The lowest BCUT2D eigenvalue weighted by atomic mass is 10.1. The molecule has 3 rings (SSSR count). The molecule has 0 saturated carbocycles. The number of nitrogens with two attached hydrogens (primary N) is 1. The number of hydrogen-bond acceptors (Lipinski definition) is 3. The van der Waals surface area contributed by atoms with E-state index in [-0.39, 0.29) is 22.4 Å². The van der Waals surface area contributed by atoms with Crippen molar-refractivity contribution < 1.29 is 18.8 Å². The first kappa shape index (κ1) is 19.8. The van der Waals surface area contributed by atoms with E-state index >= 15 is 0 Å². The van der Waals surface area contributed by atoms with Gasteiger partial charge in [0, 0.05) is 11.3 Å². The van der Waals surface area contributed by atoms with Gasteiger partial charge in [0.05, 0.1) is 16.8 Å². The first-order valence-corrected chi connectivity index (χ1v) is 8.73. The number of halogens is 1. The number of anilines is 2. The van der Waals surface area contributed by atoms with Gasteiger partial charge in [-0.05, 0) is 48.9 Å². The van der Waals surface area contributed by atoms with Crippen molar-refractivity contribution in [1.82, 2.24) is 0 Å². The van der Waals surface area contributed by atoms with E-state index in [1.165, 1.54) is 30.3 Å². The van der Waals surface area contributed by atoms with Gasteiger partial charge in [-0.1, -0.05) is 30.3 Å². The van der Waals surface area contributed by atoms with Gasteiger partial charge in [0.15, 0.2) is 0 Å². The summed E-state index contributed by atoms with van der Waals surface area (Å²) in [5, 5.41) is 5.26. The van der Waals surface area contributed by atoms with Crippen LogP contribution in [-0.4, -0.2) is 17.7 Å². The highest BCUT2D eigenvalue weighted by atomic mass is 19.1. The second kappa shape index (κ2) is 8.35. The molecule has 0 radical (unpaired) electrons. The number of para-hydroxylation sites is 1. The lowest BCUT2D eigenvalue weighted by Crippen LogP contribution is -2.19. The third-order valence-corrected chi connectivity index (χ3v) is 4.31. The van der Waals surface area contributed by atoms with Crippen LogP contribution in [0.15, 0.2) is 66.7 Å². The molecule has 3 aromatic rings. The van der Waals surface area contributed by atoms with Crippen molar-refractivity contribution in [3.05, 3.63) is 94.8 Å². The lowest BCUT2D eigenvalue weighted by Gasteiger charge is -2.12. The van der Waals surface area contributed by atoms with Gasteiger partial charge in [-0.3, -0.25) is 14.4 Å². The van der Waals surface area contributed by atoms with Crippen LogP contribution in [0.25, 0.3) is 0 Å². The van der Waals surface area contributed by atoms with Crippen LogP contribution >= 0.6 is 0 Å². The molecule has 0 aliphatic carbocycles. The Morgan fingerprint density at radius 1 is 0.793 bits per heavy atom. The number of aryl methyl sites for hydroxylation is 1. The normalized spacial score (nSPS) is 10.3. The molecule has 146 valence electrons. The molecule has 0 fully saturated rings. The maximum atomic E-state index is 13.8. The Labute approximate surface area is 166 Å². The van der Waals surface area contributed by atoms with Crippen molar-refractivity contribution >= 4 is 29.1 Å². The summed E-state index contributed by atoms with van der Waals surface area (Å²) in [6.07, 6.45) is 0. The van der Waals surface area contributed by atoms with Crippen LogP contribution in [0.5, 0.6) is 0 Å². The van der Waals surface area contributed by atoms with Crippen LogP contribution < -0.4 is 16.4 Å². The Balaban J connectivity index is 1.84. The van der Waals surface area contributed by atoms with Gasteiger partial charge in [-0.2, -0.15) is 0 Å². The van der Waals surface area contributed by atoms with Crippen molar-refractivity contribution in [2.75, 3.05) is 10.6 Å². The minimum absolute atomic E-state index is 0.0999. The Bertz CT molecular complexity index is 1110. The van der Waals surface area contributed by atoms with Crippen molar-refractivity contribution in [3.8, 4) is 0 Å². The minimum Gasteiger partial charge on any atom is -0.366 e. The summed E-state index contributed by atoms with van der Waals surface area (Å²) in [6, 6.07) is 16.7. The van der Waals surface area contributed by atoms with Gasteiger partial charge in [0.2, 0.25) is 0 Å². The van der Waals surface area contributed by atoms with Crippen LogP contribution in [0.1, 0.15) is 36.6 Å². The van der Waals surface area contributed by atoms with Gasteiger partial charge in [-0.25, -0.2) is 4.39 Å². The van der Waals surface area contributed by atoms with Gasteiger partial charge in [0.25, 0.3) is 17.7 Å². The molecule has 0 aliphatic heterocycles. The zero-order valence-electron chi connectivity index (χ0n) is 15.5. The Hall–Kier alpha value is -4.00. The molecule has 0 aromatic heterocycles. The van der Waals surface area contributed by atoms with Crippen molar-refractivity contribution in [2.45, 2.75) is 6.92 Å². The second-order valence-electron chi connectivity index (χ2n) is 6.33. The zero-order valence-corrected chi connectivity index (χ0v) is 15.5. The van der Waals surface area contributed by atoms with Crippen molar-refractivity contribution in [1.29, 1.82) is 0 Å². The summed E-state index contributed by atoms with van der Waals surface area (Å²) in [5.74, 6) is -2.41. The van der Waals surface area contributed by atoms with Crippen molar-refractivity contribution in [3.63, 3.8) is 0 Å². The van der Waals surface area contributed by atoms with E-state index in [1.54, 1.807) is 43.3 Å². The number of carbonyl (C=O) groups is 3. The summed E-state index contributed by atoms with van der Waals surface area (Å²) in [4.78, 5) is 36.5. The molecule has 0 spiro atoms. The van der Waals surface area contributed by atoms with Crippen LogP contribution in [0, 0.1) is 12.7 Å². The average Bonchev–Trinajstić information content (AvgIpc) is 2.70. The topological polar surface area (TPSA) is 101 Å². The fraction of sp³-hybridized carbons (Fsp3) is 0.0455. The smallest absolute Gasteiger partial charge is 0.258 e. The number of hydrogen-bond donors (Lipinski definition) is 3. The number of rotatable bonds is 5. The molecule has 6 nitrogen and oxygen atoms in total. The number of benzene rings is 3. The second-order valence-corrected chi connectivity index (χ2v) is 6.33. The Morgan fingerprint density at radius 3 is 2.10 bits per heavy atom. The monoisotopic (exact) mass is 391 g/mol. The van der Waals surface area contributed by atoms with Gasteiger partial charge >= 0.3 is 0 Å². The molecule has 0 aliphatic rings. The summed E-state index contributed by atoms with van der Waals surface area (Å²) in [7, 11) is 0. The highest BCUT2D eigenvalue weighted by Crippen LogP contribution is 2.21. The number of amides is 3. The SMILES string of the molecule is Cc1ccc(C(=O)Nc2ccccc2C(N)=O)cc1NC(=O)c1ccccc1F. The molecular weight excluding hydrogens is 373 g/mol. The zero-order chi connectivity index (χ0) is 21.0. The predicted molar refractivity (Wildman–Crippen MR) is 108 cm³/mol. The highest BCUT2D eigenvalue weighted by molar-refractivity contribution is 6.10. The number of carbonyl (C=O) groups excluding carboxylic acids is 3. The largest absolute Gasteiger partial charge is 0.366 e. The number of primary amides is 1. The van der Waals surface area contributed by atoms with E-state index in [2.05, 4.69) is 10.6 Å². The standard InChI is InChI=1S/C22H18FN3O3/c1-13-10-11-14(21(28)25-18-9-5-3-7-16(18)20(24)27)12-19(13)26-22(29)15-6-2-4-8-17(15)23/h2-12H,1H3,(H2,24,27)(H,25,28)(H,26,29). The van der Waals surface area contributed by atoms with Gasteiger partial charge in [-0.15, -0.1) is 0 Å². The van der Waals surface area contributed by atoms with E-state index in [9.17, 15) is 18.8 Å². The molecule has 0 heterocycles. The van der Waals surface area contributed by atoms with Crippen LogP contribution in [0.3, 0.4) is 0 Å². The fourth-order valence-corrected chi connectivity index (χ4v) is 2.73. The average molecular weight is 391 g/mol. The number of nitrogens with one attached hydrogen (secondary N) is 2. The highest BCUT2D eigenvalue weighted by Gasteiger charge is 2.15. The molecule has 4 N–H and O–H groups in total. The van der Waals surface area contributed by atoms with Crippen molar-refractivity contribution in [2.24, 2.45) is 5.73 Å². The maximum absolute atomic E-state index is 13.8. The Kier molecular flexibility index (Phi) is 5.69. The molecule has 0 saturated heterocycles. The summed E-state index contributed by atoms with van der Waals surface area (Å²) in [5.41, 5.74) is 7.00. The van der Waals surface area contributed by atoms with Gasteiger partial charge in [0.1, 0.15) is 5.82 Å². The Morgan fingerprint density at radius 2 is 1.41 bits per heavy atom. The molecule has 3 aromatic carbocycles. The molecule has 0 unspecified atom stereocenters. The predicted octanol–water partition coefficient (Wildman–Crippen LogP) is 3.74. The van der Waals surface area contributed by atoms with Crippen LogP contribution in [-0.2, 0) is 0 Å². The minimum atomic E-state index is -0.664. The third-order valence-electron chi connectivity index (χ3n) is 4.31. The third kappa shape index (κ3) is 4.47. The van der Waals surface area contributed by atoms with Gasteiger partial charge < -0.3 is 16.4 Å². The quantitative estimate of drug-likeness (QED) is 0.617. The molecule has 0 atom stereocenters. The van der Waals surface area contributed by atoms with Crippen LogP contribution in [0.4, 0.5) is 15.8 Å². The molecular formula is C22H18FN3O3. The van der Waals surface area contributed by atoms with E-state index < -0.39 is 23.5 Å². The summed E-state index contributed by atoms with van der Waals surface area (Å²) in [6.45, 7) is 1.75. The molecule has 7 heteroatoms. The van der Waals surface area contributed by atoms with Crippen LogP contribution in [0.2, 0.25) is 0 Å². The summed E-state index contributed by atoms with van der Waals surface area (Å²) >= 11 is 0. The summed E-state index contributed by atoms with van der Waals surface area (Å²) < 4.78 is 13.8. The molecule has 0 bridgehead atoms. The van der Waals surface area contributed by atoms with E-state index in [1.807, 2.05) is 0 Å². The lowest BCUT2D eigenvalue weighted by molar-refractivity contribution is 0.0997. The van der Waals surface area contributed by atoms with E-state index in [0.717, 1.165) is 0 Å². The van der Waals surface area contributed by atoms with E-state index in [4.69, 9.17) is 5.73 Å². The maximum Gasteiger partial charge on any atom is 0.258 e. The van der Waals surface area contributed by atoms with E-state index in [0.29, 0.717) is 11.3 Å². The molecule has 29 heavy (non-hydrogen) atoms. The molecule has 3 amide bonds. The first-order chi connectivity index (χ1) is 13.9. The first-order valence-electron chi connectivity index (χ1n) is 8.73.